The maximum atomic E-state index is 12.6. The molecule has 0 bridgehead atoms. The zero-order chi connectivity index (χ0) is 17.5. The highest BCUT2D eigenvalue weighted by Crippen LogP contribution is 2.24. The second-order valence-corrected chi connectivity index (χ2v) is 7.35. The molecule has 25 heavy (non-hydrogen) atoms. The minimum Gasteiger partial charge on any atom is -0.354 e. The van der Waals surface area contributed by atoms with Crippen LogP contribution in [-0.4, -0.2) is 60.0 Å². The third kappa shape index (κ3) is 5.02. The molecule has 0 radical (unpaired) electrons. The standard InChI is InChI=1S/C20H32N4O/c1-2-23-13-8-17(9-14-23)20(25)22-16-19(18-7-6-10-21-15-18)24-11-4-3-5-12-24/h6-7,10,15,17,19H,2-5,8-9,11-14,16H2,1H3,(H,22,25)/t19-/m0/s1. The van der Waals surface area contributed by atoms with Gasteiger partial charge in [-0.25, -0.2) is 0 Å². The van der Waals surface area contributed by atoms with E-state index in [0.717, 1.165) is 45.6 Å². The zero-order valence-electron chi connectivity index (χ0n) is 15.5. The Morgan fingerprint density at radius 2 is 2.00 bits per heavy atom. The van der Waals surface area contributed by atoms with E-state index < -0.39 is 0 Å². The first-order chi connectivity index (χ1) is 12.3. The Morgan fingerprint density at radius 3 is 2.64 bits per heavy atom. The Morgan fingerprint density at radius 1 is 1.24 bits per heavy atom. The van der Waals surface area contributed by atoms with Gasteiger partial charge in [-0.15, -0.1) is 0 Å². The summed E-state index contributed by atoms with van der Waals surface area (Å²) in [6.07, 6.45) is 9.56. The molecular formula is C20H32N4O. The van der Waals surface area contributed by atoms with Crippen molar-refractivity contribution in [2.24, 2.45) is 5.92 Å². The molecule has 5 nitrogen and oxygen atoms in total. The minimum absolute atomic E-state index is 0.179. The number of hydrogen-bond donors (Lipinski definition) is 1. The van der Waals surface area contributed by atoms with Crippen LogP contribution < -0.4 is 5.32 Å². The normalized spacial score (nSPS) is 21.8. The summed E-state index contributed by atoms with van der Waals surface area (Å²) in [5, 5.41) is 3.25. The van der Waals surface area contributed by atoms with Crippen LogP contribution in [0.4, 0.5) is 0 Å². The van der Waals surface area contributed by atoms with Gasteiger partial charge in [0.2, 0.25) is 5.91 Å². The van der Waals surface area contributed by atoms with Gasteiger partial charge < -0.3 is 10.2 Å². The first kappa shape index (κ1) is 18.3. The van der Waals surface area contributed by atoms with E-state index in [-0.39, 0.29) is 17.9 Å². The van der Waals surface area contributed by atoms with Crippen molar-refractivity contribution in [2.75, 3.05) is 39.3 Å². The van der Waals surface area contributed by atoms with Gasteiger partial charge in [0.25, 0.3) is 0 Å². The molecule has 138 valence electrons. The van der Waals surface area contributed by atoms with Crippen LogP contribution in [0.25, 0.3) is 0 Å². The van der Waals surface area contributed by atoms with E-state index in [4.69, 9.17) is 0 Å². The smallest absolute Gasteiger partial charge is 0.223 e. The zero-order valence-corrected chi connectivity index (χ0v) is 15.5. The van der Waals surface area contributed by atoms with E-state index in [1.54, 1.807) is 0 Å². The number of hydrogen-bond acceptors (Lipinski definition) is 4. The molecule has 5 heteroatoms. The Labute approximate surface area is 151 Å². The Bertz CT molecular complexity index is 522. The molecule has 1 atom stereocenters. The summed E-state index contributed by atoms with van der Waals surface area (Å²) < 4.78 is 0. The molecule has 2 aliphatic heterocycles. The minimum atomic E-state index is 0.179. The van der Waals surface area contributed by atoms with E-state index in [1.807, 2.05) is 18.5 Å². The lowest BCUT2D eigenvalue weighted by Gasteiger charge is -2.35. The molecule has 1 N–H and O–H groups in total. The number of pyridine rings is 1. The molecule has 0 saturated carbocycles. The topological polar surface area (TPSA) is 48.5 Å². The van der Waals surface area contributed by atoms with Gasteiger partial charge in [0.05, 0.1) is 6.04 Å². The second-order valence-electron chi connectivity index (χ2n) is 7.35. The summed E-state index contributed by atoms with van der Waals surface area (Å²) in [5.74, 6) is 0.417. The lowest BCUT2D eigenvalue weighted by molar-refractivity contribution is -0.126. The van der Waals surface area contributed by atoms with Gasteiger partial charge >= 0.3 is 0 Å². The fraction of sp³-hybridized carbons (Fsp3) is 0.700. The van der Waals surface area contributed by atoms with E-state index in [0.29, 0.717) is 6.54 Å². The van der Waals surface area contributed by atoms with E-state index in [2.05, 4.69) is 33.1 Å². The van der Waals surface area contributed by atoms with Crippen LogP contribution in [-0.2, 0) is 4.79 Å². The lowest BCUT2D eigenvalue weighted by atomic mass is 9.95. The Kier molecular flexibility index (Phi) is 6.82. The van der Waals surface area contributed by atoms with Crippen LogP contribution in [0.5, 0.6) is 0 Å². The average Bonchev–Trinajstić information content (AvgIpc) is 2.70. The van der Waals surface area contributed by atoms with Crippen molar-refractivity contribution in [3.63, 3.8) is 0 Å². The average molecular weight is 345 g/mol. The summed E-state index contributed by atoms with van der Waals surface area (Å²) in [4.78, 5) is 21.9. The van der Waals surface area contributed by atoms with Crippen LogP contribution in [0, 0.1) is 5.92 Å². The number of rotatable bonds is 6. The molecule has 1 aromatic heterocycles. The van der Waals surface area contributed by atoms with Crippen LogP contribution in [0.2, 0.25) is 0 Å². The molecule has 0 aliphatic carbocycles. The predicted molar refractivity (Wildman–Crippen MR) is 100 cm³/mol. The number of carbonyl (C=O) groups excluding carboxylic acids is 1. The van der Waals surface area contributed by atoms with Gasteiger partial charge in [-0.05, 0) is 70.0 Å². The third-order valence-electron chi connectivity index (χ3n) is 5.78. The van der Waals surface area contributed by atoms with E-state index >= 15 is 0 Å². The number of aromatic nitrogens is 1. The highest BCUT2D eigenvalue weighted by molar-refractivity contribution is 5.78. The number of carbonyl (C=O) groups is 1. The molecule has 0 unspecified atom stereocenters. The molecule has 1 aromatic rings. The first-order valence-corrected chi connectivity index (χ1v) is 9.92. The molecule has 0 aromatic carbocycles. The van der Waals surface area contributed by atoms with Crippen molar-refractivity contribution >= 4 is 5.91 Å². The van der Waals surface area contributed by atoms with E-state index in [1.165, 1.54) is 24.8 Å². The summed E-state index contributed by atoms with van der Waals surface area (Å²) in [5.41, 5.74) is 1.21. The summed E-state index contributed by atoms with van der Waals surface area (Å²) in [6.45, 7) is 8.30. The van der Waals surface area contributed by atoms with Crippen LogP contribution >= 0.6 is 0 Å². The van der Waals surface area contributed by atoms with Crippen molar-refractivity contribution in [2.45, 2.75) is 45.1 Å². The Hall–Kier alpha value is -1.46. The van der Waals surface area contributed by atoms with Crippen molar-refractivity contribution in [1.82, 2.24) is 20.1 Å². The molecule has 0 spiro atoms. The third-order valence-corrected chi connectivity index (χ3v) is 5.78. The van der Waals surface area contributed by atoms with Crippen molar-refractivity contribution in [1.29, 1.82) is 0 Å². The summed E-state index contributed by atoms with van der Waals surface area (Å²) in [7, 11) is 0. The van der Waals surface area contributed by atoms with Crippen LogP contribution in [0.1, 0.15) is 50.6 Å². The van der Waals surface area contributed by atoms with Gasteiger partial charge in [0.15, 0.2) is 0 Å². The first-order valence-electron chi connectivity index (χ1n) is 9.92. The fourth-order valence-electron chi connectivity index (χ4n) is 4.11. The molecule has 1 amide bonds. The molecule has 2 aliphatic rings. The molecule has 3 rings (SSSR count). The highest BCUT2D eigenvalue weighted by Gasteiger charge is 2.27. The van der Waals surface area contributed by atoms with Crippen LogP contribution in [0.3, 0.4) is 0 Å². The number of nitrogens with one attached hydrogen (secondary N) is 1. The SMILES string of the molecule is CCN1CCC(C(=O)NC[C@@H](c2cccnc2)N2CCCCC2)CC1. The van der Waals surface area contributed by atoms with Gasteiger partial charge in [-0.1, -0.05) is 19.4 Å². The van der Waals surface area contributed by atoms with Crippen LogP contribution in [0.15, 0.2) is 24.5 Å². The van der Waals surface area contributed by atoms with Crippen molar-refractivity contribution < 1.29 is 4.79 Å². The largest absolute Gasteiger partial charge is 0.354 e. The molecule has 2 saturated heterocycles. The second kappa shape index (κ2) is 9.30. The van der Waals surface area contributed by atoms with Gasteiger partial charge in [-0.3, -0.25) is 14.7 Å². The van der Waals surface area contributed by atoms with E-state index in [9.17, 15) is 4.79 Å². The maximum Gasteiger partial charge on any atom is 0.223 e. The van der Waals surface area contributed by atoms with Crippen molar-refractivity contribution in [3.05, 3.63) is 30.1 Å². The Balaban J connectivity index is 1.57. The summed E-state index contributed by atoms with van der Waals surface area (Å²) >= 11 is 0. The molecule has 2 fully saturated rings. The van der Waals surface area contributed by atoms with Crippen molar-refractivity contribution in [3.8, 4) is 0 Å². The van der Waals surface area contributed by atoms with Gasteiger partial charge in [0, 0.05) is 24.9 Å². The summed E-state index contributed by atoms with van der Waals surface area (Å²) in [6, 6.07) is 4.38. The van der Waals surface area contributed by atoms with Gasteiger partial charge in [0.1, 0.15) is 0 Å². The lowest BCUT2D eigenvalue weighted by Crippen LogP contribution is -2.44. The predicted octanol–water partition coefficient (Wildman–Crippen LogP) is 2.46. The molecule has 3 heterocycles. The number of nitrogens with zero attached hydrogens (tertiary/aromatic N) is 3. The monoisotopic (exact) mass is 344 g/mol. The quantitative estimate of drug-likeness (QED) is 0.861. The maximum absolute atomic E-state index is 12.6. The number of amides is 1. The number of piperidine rings is 2. The highest BCUT2D eigenvalue weighted by atomic mass is 16.1. The molecular weight excluding hydrogens is 312 g/mol. The fourth-order valence-corrected chi connectivity index (χ4v) is 4.11. The van der Waals surface area contributed by atoms with Gasteiger partial charge in [-0.2, -0.15) is 0 Å². The number of likely N-dealkylation sites (tertiary alicyclic amines) is 2.